The molecule has 0 unspecified atom stereocenters. The number of carbonyl (C=O) groups excluding carboxylic acids is 1. The normalized spacial score (nSPS) is 14.5. The van der Waals surface area contributed by atoms with Crippen molar-refractivity contribution in [3.63, 3.8) is 0 Å². The van der Waals surface area contributed by atoms with Crippen LogP contribution in [0, 0.1) is 19.7 Å². The highest BCUT2D eigenvalue weighted by Gasteiger charge is 2.32. The summed E-state index contributed by atoms with van der Waals surface area (Å²) in [7, 11) is -4.14. The molecule has 1 aliphatic heterocycles. The van der Waals surface area contributed by atoms with E-state index >= 15 is 0 Å². The van der Waals surface area contributed by atoms with E-state index in [2.05, 4.69) is 16.3 Å². The number of para-hydroxylation sites is 2. The number of carbonyl (C=O) groups is 1. The first-order chi connectivity index (χ1) is 17.2. The predicted molar refractivity (Wildman–Crippen MR) is 139 cm³/mol. The summed E-state index contributed by atoms with van der Waals surface area (Å²) in [5.74, 6) is -0.957. The molecular weight excluding hydrogens is 481 g/mol. The van der Waals surface area contributed by atoms with Gasteiger partial charge in [-0.2, -0.15) is 4.31 Å². The lowest BCUT2D eigenvalue weighted by Gasteiger charge is -2.36. The van der Waals surface area contributed by atoms with Crippen molar-refractivity contribution in [1.82, 2.24) is 4.31 Å². The lowest BCUT2D eigenvalue weighted by atomic mass is 10.1. The van der Waals surface area contributed by atoms with Crippen LogP contribution < -0.4 is 15.0 Å². The van der Waals surface area contributed by atoms with Crippen LogP contribution in [0.2, 0.25) is 0 Å². The number of hydrogen-bond donors (Lipinski definition) is 1. The second-order valence-electron chi connectivity index (χ2n) is 8.71. The number of nitrogens with zero attached hydrogens (tertiary/aromatic N) is 2. The van der Waals surface area contributed by atoms with Crippen LogP contribution in [0.15, 0.2) is 65.6 Å². The molecule has 7 nitrogen and oxygen atoms in total. The quantitative estimate of drug-likeness (QED) is 0.502. The fourth-order valence-corrected chi connectivity index (χ4v) is 5.77. The first-order valence-corrected chi connectivity index (χ1v) is 13.3. The van der Waals surface area contributed by atoms with Gasteiger partial charge in [0.15, 0.2) is 0 Å². The standard InChI is InChI=1S/C27H30FN3O4S/c1-4-35-25-8-6-5-7-23(25)29-27(32)21-11-12-22(28)26(18-21)36(33,34)31-15-13-30(14-16-31)24-17-19(2)9-10-20(24)3/h5-12,17-18H,4,13-16H2,1-3H3,(H,29,32). The Morgan fingerprint density at radius 1 is 1.00 bits per heavy atom. The minimum atomic E-state index is -4.14. The van der Waals surface area contributed by atoms with Crippen LogP contribution in [0.25, 0.3) is 0 Å². The van der Waals surface area contributed by atoms with E-state index in [4.69, 9.17) is 4.74 Å². The number of aryl methyl sites for hydroxylation is 2. The molecule has 0 atom stereocenters. The van der Waals surface area contributed by atoms with E-state index in [1.165, 1.54) is 10.4 Å². The van der Waals surface area contributed by atoms with E-state index in [0.29, 0.717) is 31.1 Å². The summed E-state index contributed by atoms with van der Waals surface area (Å²) >= 11 is 0. The van der Waals surface area contributed by atoms with E-state index in [9.17, 15) is 17.6 Å². The van der Waals surface area contributed by atoms with Crippen molar-refractivity contribution in [2.24, 2.45) is 0 Å². The molecule has 190 valence electrons. The number of nitrogens with one attached hydrogen (secondary N) is 1. The summed E-state index contributed by atoms with van der Waals surface area (Å²) in [6.45, 7) is 7.70. The van der Waals surface area contributed by atoms with E-state index in [-0.39, 0.29) is 18.7 Å². The van der Waals surface area contributed by atoms with Gasteiger partial charge in [0.2, 0.25) is 10.0 Å². The molecule has 9 heteroatoms. The molecular formula is C27H30FN3O4S. The maximum atomic E-state index is 14.7. The Labute approximate surface area is 211 Å². The van der Waals surface area contributed by atoms with Gasteiger partial charge in [0.1, 0.15) is 16.5 Å². The Kier molecular flexibility index (Phi) is 7.61. The monoisotopic (exact) mass is 511 g/mol. The minimum absolute atomic E-state index is 0.0373. The number of halogens is 1. The van der Waals surface area contributed by atoms with Crippen LogP contribution in [0.5, 0.6) is 5.75 Å². The maximum Gasteiger partial charge on any atom is 0.255 e. The van der Waals surface area contributed by atoms with Gasteiger partial charge in [-0.3, -0.25) is 4.79 Å². The summed E-state index contributed by atoms with van der Waals surface area (Å²) in [6.07, 6.45) is 0. The molecule has 0 spiro atoms. The van der Waals surface area contributed by atoms with E-state index in [1.54, 1.807) is 24.3 Å². The number of hydrogen-bond acceptors (Lipinski definition) is 5. The Balaban J connectivity index is 1.52. The van der Waals surface area contributed by atoms with E-state index < -0.39 is 26.6 Å². The third-order valence-electron chi connectivity index (χ3n) is 6.19. The average molecular weight is 512 g/mol. The topological polar surface area (TPSA) is 78.9 Å². The van der Waals surface area contributed by atoms with Crippen molar-refractivity contribution in [3.8, 4) is 5.75 Å². The summed E-state index contributed by atoms with van der Waals surface area (Å²) in [5, 5.41) is 2.72. The summed E-state index contributed by atoms with van der Waals surface area (Å²) < 4.78 is 48.3. The first-order valence-electron chi connectivity index (χ1n) is 11.9. The zero-order chi connectivity index (χ0) is 25.9. The summed E-state index contributed by atoms with van der Waals surface area (Å²) in [5.41, 5.74) is 3.81. The maximum absolute atomic E-state index is 14.7. The van der Waals surface area contributed by atoms with Crippen molar-refractivity contribution >= 4 is 27.3 Å². The highest BCUT2D eigenvalue weighted by Crippen LogP contribution is 2.28. The fraction of sp³-hybridized carbons (Fsp3) is 0.296. The highest BCUT2D eigenvalue weighted by molar-refractivity contribution is 7.89. The predicted octanol–water partition coefficient (Wildman–Crippen LogP) is 4.60. The molecule has 1 saturated heterocycles. The molecule has 0 bridgehead atoms. The number of sulfonamides is 1. The van der Waals surface area contributed by atoms with Crippen LogP contribution in [-0.2, 0) is 10.0 Å². The molecule has 36 heavy (non-hydrogen) atoms. The number of piperazine rings is 1. The van der Waals surface area contributed by atoms with Crippen molar-refractivity contribution in [2.75, 3.05) is 43.0 Å². The van der Waals surface area contributed by atoms with Crippen molar-refractivity contribution < 1.29 is 22.3 Å². The zero-order valence-corrected chi connectivity index (χ0v) is 21.4. The molecule has 1 heterocycles. The lowest BCUT2D eigenvalue weighted by molar-refractivity contribution is 0.102. The van der Waals surface area contributed by atoms with Gasteiger partial charge in [0, 0.05) is 37.4 Å². The van der Waals surface area contributed by atoms with Gasteiger partial charge in [0.25, 0.3) is 5.91 Å². The third-order valence-corrected chi connectivity index (χ3v) is 8.10. The van der Waals surface area contributed by atoms with Gasteiger partial charge in [0.05, 0.1) is 12.3 Å². The SMILES string of the molecule is CCOc1ccccc1NC(=O)c1ccc(F)c(S(=O)(=O)N2CCN(c3cc(C)ccc3C)CC2)c1. The van der Waals surface area contributed by atoms with Gasteiger partial charge in [-0.25, -0.2) is 12.8 Å². The van der Waals surface area contributed by atoms with E-state index in [1.807, 2.05) is 32.9 Å². The van der Waals surface area contributed by atoms with E-state index in [0.717, 1.165) is 28.9 Å². The zero-order valence-electron chi connectivity index (χ0n) is 20.6. The van der Waals surface area contributed by atoms with Gasteiger partial charge in [-0.1, -0.05) is 24.3 Å². The Morgan fingerprint density at radius 2 is 1.72 bits per heavy atom. The van der Waals surface area contributed by atoms with Gasteiger partial charge in [-0.05, 0) is 68.3 Å². The summed E-state index contributed by atoms with van der Waals surface area (Å²) in [6, 6.07) is 16.5. The Hall–Kier alpha value is -3.43. The molecule has 1 aliphatic rings. The van der Waals surface area contributed by atoms with Gasteiger partial charge >= 0.3 is 0 Å². The lowest BCUT2D eigenvalue weighted by Crippen LogP contribution is -2.49. The molecule has 0 aromatic heterocycles. The number of amides is 1. The third kappa shape index (κ3) is 5.37. The second-order valence-corrected chi connectivity index (χ2v) is 10.6. The number of rotatable bonds is 7. The molecule has 3 aromatic rings. The van der Waals surface area contributed by atoms with Crippen LogP contribution in [0.4, 0.5) is 15.8 Å². The molecule has 4 rings (SSSR count). The largest absolute Gasteiger partial charge is 0.492 e. The van der Waals surface area contributed by atoms with Gasteiger partial charge < -0.3 is 15.0 Å². The number of benzene rings is 3. The molecule has 0 saturated carbocycles. The summed E-state index contributed by atoms with van der Waals surface area (Å²) in [4.78, 5) is 14.5. The van der Waals surface area contributed by atoms with Crippen molar-refractivity contribution in [3.05, 3.63) is 83.2 Å². The number of ether oxygens (including phenoxy) is 1. The fourth-order valence-electron chi connectivity index (χ4n) is 4.26. The van der Waals surface area contributed by atoms with Crippen LogP contribution in [-0.4, -0.2) is 51.4 Å². The second kappa shape index (κ2) is 10.7. The molecule has 0 radical (unpaired) electrons. The molecule has 3 aromatic carbocycles. The Morgan fingerprint density at radius 3 is 2.44 bits per heavy atom. The van der Waals surface area contributed by atoms with Crippen LogP contribution >= 0.6 is 0 Å². The molecule has 0 aliphatic carbocycles. The molecule has 1 fully saturated rings. The molecule has 1 N–H and O–H groups in total. The van der Waals surface area contributed by atoms with Crippen molar-refractivity contribution in [2.45, 2.75) is 25.7 Å². The van der Waals surface area contributed by atoms with Crippen LogP contribution in [0.3, 0.4) is 0 Å². The smallest absolute Gasteiger partial charge is 0.255 e. The number of anilines is 2. The first kappa shape index (κ1) is 25.7. The highest BCUT2D eigenvalue weighted by atomic mass is 32.2. The minimum Gasteiger partial charge on any atom is -0.492 e. The van der Waals surface area contributed by atoms with Crippen molar-refractivity contribution in [1.29, 1.82) is 0 Å². The van der Waals surface area contributed by atoms with Gasteiger partial charge in [-0.15, -0.1) is 0 Å². The Bertz CT molecular complexity index is 1370. The molecule has 1 amide bonds. The average Bonchev–Trinajstić information content (AvgIpc) is 2.87. The van der Waals surface area contributed by atoms with Crippen LogP contribution in [0.1, 0.15) is 28.4 Å².